The quantitative estimate of drug-likeness (QED) is 0.582. The van der Waals surface area contributed by atoms with Crippen molar-refractivity contribution in [1.82, 2.24) is 10.2 Å². The van der Waals surface area contributed by atoms with Crippen LogP contribution in [0.3, 0.4) is 0 Å². The minimum atomic E-state index is -0.202. The summed E-state index contributed by atoms with van der Waals surface area (Å²) in [6.07, 6.45) is 3.25. The lowest BCUT2D eigenvalue weighted by Crippen LogP contribution is -2.38. The van der Waals surface area contributed by atoms with Crippen LogP contribution in [0.5, 0.6) is 11.5 Å². The van der Waals surface area contributed by atoms with Crippen LogP contribution in [0, 0.1) is 0 Å². The van der Waals surface area contributed by atoms with E-state index in [1.807, 2.05) is 43.0 Å². The van der Waals surface area contributed by atoms with Gasteiger partial charge in [0.2, 0.25) is 0 Å². The first-order chi connectivity index (χ1) is 15.0. The van der Waals surface area contributed by atoms with E-state index in [0.29, 0.717) is 23.7 Å². The Morgan fingerprint density at radius 3 is 2.42 bits per heavy atom. The van der Waals surface area contributed by atoms with Crippen molar-refractivity contribution in [2.75, 3.05) is 26.3 Å². The molecule has 1 heterocycles. The maximum absolute atomic E-state index is 12.8. The van der Waals surface area contributed by atoms with Gasteiger partial charge in [0.05, 0.1) is 12.6 Å². The molecule has 166 valence electrons. The molecular weight excluding hydrogens is 460 g/mol. The minimum absolute atomic E-state index is 0.0210. The van der Waals surface area contributed by atoms with Crippen molar-refractivity contribution in [2.45, 2.75) is 39.2 Å². The van der Waals surface area contributed by atoms with Crippen LogP contribution in [-0.4, -0.2) is 43.0 Å². The first kappa shape index (κ1) is 23.1. The molecule has 0 aromatic heterocycles. The summed E-state index contributed by atoms with van der Waals surface area (Å²) in [6, 6.07) is 12.7. The first-order valence-corrected chi connectivity index (χ1v) is 11.5. The van der Waals surface area contributed by atoms with Gasteiger partial charge in [0.1, 0.15) is 0 Å². The minimum Gasteiger partial charge on any atom is -0.490 e. The highest BCUT2D eigenvalue weighted by Crippen LogP contribution is 2.29. The Morgan fingerprint density at radius 2 is 1.74 bits per heavy atom. The van der Waals surface area contributed by atoms with E-state index in [4.69, 9.17) is 9.47 Å². The predicted molar refractivity (Wildman–Crippen MR) is 124 cm³/mol. The molecule has 0 radical (unpaired) electrons. The van der Waals surface area contributed by atoms with Gasteiger partial charge in [-0.05, 0) is 69.0 Å². The van der Waals surface area contributed by atoms with E-state index in [1.165, 1.54) is 6.42 Å². The summed E-state index contributed by atoms with van der Waals surface area (Å²) in [6.45, 7) is 5.77. The van der Waals surface area contributed by atoms with Gasteiger partial charge in [-0.1, -0.05) is 28.1 Å². The lowest BCUT2D eigenvalue weighted by Gasteiger charge is -2.26. The summed E-state index contributed by atoms with van der Waals surface area (Å²) in [5.41, 5.74) is 1.49. The maximum atomic E-state index is 12.8. The molecule has 1 fully saturated rings. The Labute approximate surface area is 192 Å². The number of likely N-dealkylation sites (tertiary alicyclic amines) is 1. The van der Waals surface area contributed by atoms with Gasteiger partial charge in [-0.3, -0.25) is 9.59 Å². The second kappa shape index (κ2) is 11.2. The number of carbonyl (C=O) groups excluding carboxylic acids is 2. The molecule has 1 saturated heterocycles. The van der Waals surface area contributed by atoms with Crippen LogP contribution in [-0.2, 0) is 4.79 Å². The predicted octanol–water partition coefficient (Wildman–Crippen LogP) is 4.73. The Balaban J connectivity index is 1.65. The van der Waals surface area contributed by atoms with Gasteiger partial charge in [0, 0.05) is 23.1 Å². The largest absolute Gasteiger partial charge is 0.490 e. The fourth-order valence-electron chi connectivity index (χ4n) is 3.53. The van der Waals surface area contributed by atoms with Crippen molar-refractivity contribution in [3.8, 4) is 11.5 Å². The van der Waals surface area contributed by atoms with Crippen molar-refractivity contribution in [3.05, 3.63) is 58.1 Å². The summed E-state index contributed by atoms with van der Waals surface area (Å²) in [5.74, 6) is 0.696. The second-order valence-corrected chi connectivity index (χ2v) is 8.49. The highest BCUT2D eigenvalue weighted by Gasteiger charge is 2.19. The van der Waals surface area contributed by atoms with Crippen LogP contribution in [0.1, 0.15) is 55.1 Å². The number of hydrogen-bond acceptors (Lipinski definition) is 4. The zero-order chi connectivity index (χ0) is 22.2. The molecule has 6 nitrogen and oxygen atoms in total. The van der Waals surface area contributed by atoms with Gasteiger partial charge in [0.15, 0.2) is 18.1 Å². The average molecular weight is 489 g/mol. The number of carbonyl (C=O) groups is 2. The van der Waals surface area contributed by atoms with Crippen molar-refractivity contribution in [1.29, 1.82) is 0 Å². The van der Waals surface area contributed by atoms with Crippen LogP contribution in [0.25, 0.3) is 0 Å². The molecule has 2 aromatic rings. The van der Waals surface area contributed by atoms with Crippen molar-refractivity contribution < 1.29 is 19.1 Å². The number of nitrogens with one attached hydrogen (secondary N) is 1. The van der Waals surface area contributed by atoms with Crippen LogP contribution >= 0.6 is 15.9 Å². The molecular formula is C24H29BrN2O4. The number of nitrogens with zero attached hydrogens (tertiary/aromatic N) is 1. The van der Waals surface area contributed by atoms with Crippen LogP contribution in [0.4, 0.5) is 0 Å². The van der Waals surface area contributed by atoms with Crippen molar-refractivity contribution in [2.24, 2.45) is 0 Å². The van der Waals surface area contributed by atoms with E-state index in [9.17, 15) is 9.59 Å². The molecule has 7 heteroatoms. The highest BCUT2D eigenvalue weighted by molar-refractivity contribution is 9.10. The number of benzene rings is 2. The van der Waals surface area contributed by atoms with E-state index in [-0.39, 0.29) is 24.5 Å². The molecule has 2 amide bonds. The Bertz CT molecular complexity index is 895. The summed E-state index contributed by atoms with van der Waals surface area (Å²) in [5, 5.41) is 3.00. The summed E-state index contributed by atoms with van der Waals surface area (Å²) in [4.78, 5) is 27.0. The summed E-state index contributed by atoms with van der Waals surface area (Å²) >= 11 is 3.42. The van der Waals surface area contributed by atoms with Gasteiger partial charge < -0.3 is 19.7 Å². The van der Waals surface area contributed by atoms with Crippen molar-refractivity contribution >= 4 is 27.7 Å². The van der Waals surface area contributed by atoms with Crippen LogP contribution in [0.15, 0.2) is 46.9 Å². The molecule has 31 heavy (non-hydrogen) atoms. The smallest absolute Gasteiger partial charge is 0.260 e. The molecule has 0 aliphatic carbocycles. The number of hydrogen-bond donors (Lipinski definition) is 1. The van der Waals surface area contributed by atoms with Gasteiger partial charge in [-0.15, -0.1) is 0 Å². The molecule has 3 rings (SSSR count). The third-order valence-electron chi connectivity index (χ3n) is 5.28. The number of rotatable bonds is 8. The van der Waals surface area contributed by atoms with Gasteiger partial charge in [0.25, 0.3) is 11.8 Å². The normalized spacial score (nSPS) is 14.6. The molecule has 0 saturated carbocycles. The lowest BCUT2D eigenvalue weighted by atomic mass is 10.1. The third-order valence-corrected chi connectivity index (χ3v) is 5.81. The third kappa shape index (κ3) is 6.47. The maximum Gasteiger partial charge on any atom is 0.260 e. The van der Waals surface area contributed by atoms with E-state index in [1.54, 1.807) is 18.2 Å². The van der Waals surface area contributed by atoms with Crippen LogP contribution < -0.4 is 14.8 Å². The number of piperidine rings is 1. The Morgan fingerprint density at radius 1 is 1.03 bits per heavy atom. The van der Waals surface area contributed by atoms with Gasteiger partial charge in [-0.25, -0.2) is 0 Å². The van der Waals surface area contributed by atoms with E-state index < -0.39 is 0 Å². The highest BCUT2D eigenvalue weighted by atomic mass is 79.9. The second-order valence-electron chi connectivity index (χ2n) is 7.57. The molecule has 1 aliphatic heterocycles. The number of halogens is 1. The summed E-state index contributed by atoms with van der Waals surface area (Å²) in [7, 11) is 0. The Hall–Kier alpha value is -2.54. The standard InChI is InChI=1S/C24H29BrN2O4/c1-3-30-22-15-19(24(29)26-17(2)18-7-10-20(25)11-8-18)9-12-21(22)31-16-23(28)27-13-5-4-6-14-27/h7-12,15,17H,3-6,13-14,16H2,1-2H3,(H,26,29). The molecule has 0 spiro atoms. The van der Waals surface area contributed by atoms with E-state index in [0.717, 1.165) is 36.0 Å². The Kier molecular flexibility index (Phi) is 8.35. The fraction of sp³-hybridized carbons (Fsp3) is 0.417. The van der Waals surface area contributed by atoms with Crippen molar-refractivity contribution in [3.63, 3.8) is 0 Å². The SMILES string of the molecule is CCOc1cc(C(=O)NC(C)c2ccc(Br)cc2)ccc1OCC(=O)N1CCCCC1. The molecule has 2 aromatic carbocycles. The first-order valence-electron chi connectivity index (χ1n) is 10.7. The molecule has 1 unspecified atom stereocenters. The summed E-state index contributed by atoms with van der Waals surface area (Å²) < 4.78 is 12.4. The molecule has 0 bridgehead atoms. The van der Waals surface area contributed by atoms with Gasteiger partial charge in [-0.2, -0.15) is 0 Å². The fourth-order valence-corrected chi connectivity index (χ4v) is 3.79. The number of amides is 2. The average Bonchev–Trinajstić information content (AvgIpc) is 2.79. The van der Waals surface area contributed by atoms with Gasteiger partial charge >= 0.3 is 0 Å². The molecule has 1 atom stereocenters. The van der Waals surface area contributed by atoms with E-state index in [2.05, 4.69) is 21.2 Å². The zero-order valence-electron chi connectivity index (χ0n) is 18.0. The van der Waals surface area contributed by atoms with Crippen LogP contribution in [0.2, 0.25) is 0 Å². The van der Waals surface area contributed by atoms with E-state index >= 15 is 0 Å². The molecule has 1 aliphatic rings. The lowest BCUT2D eigenvalue weighted by molar-refractivity contribution is -0.134. The molecule has 1 N–H and O–H groups in total. The number of ether oxygens (including phenoxy) is 2. The topological polar surface area (TPSA) is 67.9 Å². The monoisotopic (exact) mass is 488 g/mol. The zero-order valence-corrected chi connectivity index (χ0v) is 19.6.